The number of hydrogen-bond acceptors (Lipinski definition) is 4. The SMILES string of the molecule is C=C(C)COC(=O)C1C(C(=O)OCC(=C)C)C2(Cl)C(Cl)=C(Cl)C1(Cl)C2(Cl)Cl. The Morgan fingerprint density at radius 1 is 0.852 bits per heavy atom. The largest absolute Gasteiger partial charge is 0.461 e. The number of carbonyl (C=O) groups excluding carboxylic acids is 2. The second-order valence-corrected chi connectivity index (χ2v) is 9.99. The lowest BCUT2D eigenvalue weighted by atomic mass is 9.82. The smallest absolute Gasteiger partial charge is 0.312 e. The fraction of sp³-hybridized carbons (Fsp3) is 0.529. The molecular formula is C17H16Cl6O4. The Morgan fingerprint density at radius 3 is 1.41 bits per heavy atom. The maximum absolute atomic E-state index is 12.8. The highest BCUT2D eigenvalue weighted by Crippen LogP contribution is 2.76. The van der Waals surface area contributed by atoms with Gasteiger partial charge in [0.25, 0.3) is 0 Å². The van der Waals surface area contributed by atoms with Gasteiger partial charge in [-0.05, 0) is 25.0 Å². The van der Waals surface area contributed by atoms with Gasteiger partial charge in [-0.3, -0.25) is 9.59 Å². The second kappa shape index (κ2) is 7.62. The Bertz CT molecular complexity index is 701. The molecule has 4 unspecified atom stereocenters. The average molecular weight is 497 g/mol. The van der Waals surface area contributed by atoms with Crippen LogP contribution in [0.4, 0.5) is 0 Å². The van der Waals surface area contributed by atoms with Crippen LogP contribution in [0.5, 0.6) is 0 Å². The summed E-state index contributed by atoms with van der Waals surface area (Å²) in [5.74, 6) is -4.61. The maximum atomic E-state index is 12.8. The van der Waals surface area contributed by atoms with Gasteiger partial charge in [-0.25, -0.2) is 0 Å². The lowest BCUT2D eigenvalue weighted by Crippen LogP contribution is -2.46. The first kappa shape index (κ1) is 23.2. The van der Waals surface area contributed by atoms with Crippen molar-refractivity contribution >= 4 is 81.5 Å². The van der Waals surface area contributed by atoms with Crippen LogP contribution in [0.2, 0.25) is 0 Å². The molecule has 27 heavy (non-hydrogen) atoms. The molecule has 0 aromatic heterocycles. The average Bonchev–Trinajstić information content (AvgIpc) is 2.77. The van der Waals surface area contributed by atoms with Crippen molar-refractivity contribution in [1.29, 1.82) is 0 Å². The second-order valence-electron chi connectivity index (χ2n) is 6.71. The summed E-state index contributed by atoms with van der Waals surface area (Å²) in [6.07, 6.45) is 0. The summed E-state index contributed by atoms with van der Waals surface area (Å²) >= 11 is 38.6. The molecule has 4 atom stereocenters. The van der Waals surface area contributed by atoms with Crippen molar-refractivity contribution in [3.05, 3.63) is 34.4 Å². The van der Waals surface area contributed by atoms with E-state index in [0.717, 1.165) is 0 Å². The summed E-state index contributed by atoms with van der Waals surface area (Å²) in [6.45, 7) is 10.4. The van der Waals surface area contributed by atoms with Crippen LogP contribution in [0.3, 0.4) is 0 Å². The van der Waals surface area contributed by atoms with Crippen molar-refractivity contribution in [3.63, 3.8) is 0 Å². The van der Waals surface area contributed by atoms with Gasteiger partial charge >= 0.3 is 11.9 Å². The quantitative estimate of drug-likeness (QED) is 0.284. The minimum atomic E-state index is -2.09. The van der Waals surface area contributed by atoms with Crippen LogP contribution in [0.1, 0.15) is 13.8 Å². The number of fused-ring (bicyclic) bond motifs is 2. The molecule has 0 saturated heterocycles. The molecule has 2 bridgehead atoms. The van der Waals surface area contributed by atoms with Crippen LogP contribution in [0, 0.1) is 11.8 Å². The number of carbonyl (C=O) groups is 2. The van der Waals surface area contributed by atoms with Gasteiger partial charge in [0.15, 0.2) is 4.33 Å². The van der Waals surface area contributed by atoms with Crippen molar-refractivity contribution in [2.75, 3.05) is 13.2 Å². The Balaban J connectivity index is 2.56. The maximum Gasteiger partial charge on any atom is 0.312 e. The third-order valence-corrected chi connectivity index (χ3v) is 8.62. The van der Waals surface area contributed by atoms with Crippen LogP contribution in [-0.4, -0.2) is 39.2 Å². The van der Waals surface area contributed by atoms with E-state index in [2.05, 4.69) is 13.2 Å². The van der Waals surface area contributed by atoms with Gasteiger partial charge in [0.05, 0.1) is 21.9 Å². The fourth-order valence-electron chi connectivity index (χ4n) is 3.15. The number of rotatable bonds is 6. The van der Waals surface area contributed by atoms with Gasteiger partial charge < -0.3 is 9.47 Å². The first-order valence-corrected chi connectivity index (χ1v) is 9.95. The monoisotopic (exact) mass is 494 g/mol. The Hall–Kier alpha value is -0.1000. The van der Waals surface area contributed by atoms with Crippen molar-refractivity contribution in [2.45, 2.75) is 27.9 Å². The number of esters is 2. The predicted octanol–water partition coefficient (Wildman–Crippen LogP) is 5.30. The molecular weight excluding hydrogens is 481 g/mol. The molecule has 1 fully saturated rings. The molecule has 1 saturated carbocycles. The Morgan fingerprint density at radius 2 is 1.15 bits per heavy atom. The molecule has 4 nitrogen and oxygen atoms in total. The van der Waals surface area contributed by atoms with E-state index in [4.69, 9.17) is 79.1 Å². The number of hydrogen-bond donors (Lipinski definition) is 0. The highest BCUT2D eigenvalue weighted by Gasteiger charge is 2.86. The van der Waals surface area contributed by atoms with Crippen molar-refractivity contribution in [3.8, 4) is 0 Å². The van der Waals surface area contributed by atoms with Crippen molar-refractivity contribution in [2.24, 2.45) is 11.8 Å². The minimum absolute atomic E-state index is 0.0994. The molecule has 0 heterocycles. The summed E-state index contributed by atoms with van der Waals surface area (Å²) in [7, 11) is 0. The lowest BCUT2D eigenvalue weighted by molar-refractivity contribution is -0.159. The van der Waals surface area contributed by atoms with E-state index < -0.39 is 37.9 Å². The highest BCUT2D eigenvalue weighted by molar-refractivity contribution is 6.66. The molecule has 0 amide bonds. The Labute approximate surface area is 187 Å². The highest BCUT2D eigenvalue weighted by atomic mass is 35.5. The summed E-state index contributed by atoms with van der Waals surface area (Å²) in [4.78, 5) is 21.7. The van der Waals surface area contributed by atoms with Gasteiger partial charge in [0, 0.05) is 0 Å². The van der Waals surface area contributed by atoms with Gasteiger partial charge in [0.1, 0.15) is 23.0 Å². The van der Waals surface area contributed by atoms with E-state index in [1.54, 1.807) is 13.8 Å². The normalized spacial score (nSPS) is 33.8. The van der Waals surface area contributed by atoms with Crippen LogP contribution >= 0.6 is 69.6 Å². The first-order chi connectivity index (χ1) is 12.2. The minimum Gasteiger partial charge on any atom is -0.461 e. The standard InChI is InChI=1S/C17H16Cl6O4/c1-7(2)5-26-13(24)9-10(14(25)27-6-8(3)4)16(21)12(19)11(18)15(9,20)17(16,22)23/h9-10H,1,3,5-6H2,2,4H3. The molecule has 2 aliphatic carbocycles. The molecule has 0 aliphatic heterocycles. The topological polar surface area (TPSA) is 52.6 Å². The molecule has 2 rings (SSSR count). The zero-order chi connectivity index (χ0) is 20.9. The molecule has 0 aromatic rings. The zero-order valence-corrected chi connectivity index (χ0v) is 18.9. The summed E-state index contributed by atoms with van der Waals surface area (Å²) < 4.78 is 8.28. The van der Waals surface area contributed by atoms with Gasteiger partial charge in [0.2, 0.25) is 0 Å². The first-order valence-electron chi connectivity index (χ1n) is 7.68. The summed E-state index contributed by atoms with van der Waals surface area (Å²) in [5, 5.41) is -0.431. The number of ether oxygens (including phenoxy) is 2. The third kappa shape index (κ3) is 3.21. The van der Waals surface area contributed by atoms with Crippen LogP contribution in [-0.2, 0) is 19.1 Å². The van der Waals surface area contributed by atoms with E-state index in [-0.39, 0.29) is 23.3 Å². The van der Waals surface area contributed by atoms with E-state index in [1.807, 2.05) is 0 Å². The molecule has 2 aliphatic rings. The zero-order valence-electron chi connectivity index (χ0n) is 14.4. The third-order valence-electron chi connectivity index (χ3n) is 4.37. The van der Waals surface area contributed by atoms with Gasteiger partial charge in [-0.15, -0.1) is 23.2 Å². The van der Waals surface area contributed by atoms with Gasteiger partial charge in [-0.2, -0.15) is 0 Å². The van der Waals surface area contributed by atoms with Gasteiger partial charge in [-0.1, -0.05) is 59.6 Å². The number of alkyl halides is 4. The number of allylic oxidation sites excluding steroid dienone is 2. The van der Waals surface area contributed by atoms with Crippen molar-refractivity contribution < 1.29 is 19.1 Å². The fourth-order valence-corrected chi connectivity index (χ4v) is 6.07. The molecule has 0 spiro atoms. The van der Waals surface area contributed by atoms with E-state index in [0.29, 0.717) is 11.1 Å². The predicted molar refractivity (Wildman–Crippen MR) is 109 cm³/mol. The molecule has 150 valence electrons. The lowest BCUT2D eigenvalue weighted by Gasteiger charge is -2.33. The van der Waals surface area contributed by atoms with Crippen LogP contribution < -0.4 is 0 Å². The Kier molecular flexibility index (Phi) is 6.54. The summed E-state index contributed by atoms with van der Waals surface area (Å²) in [5.41, 5.74) is 1.14. The van der Waals surface area contributed by atoms with E-state index in [9.17, 15) is 9.59 Å². The van der Waals surface area contributed by atoms with E-state index >= 15 is 0 Å². The molecule has 10 heteroatoms. The molecule has 0 aromatic carbocycles. The molecule has 0 radical (unpaired) electrons. The van der Waals surface area contributed by atoms with E-state index in [1.165, 1.54) is 0 Å². The molecule has 0 N–H and O–H groups in total. The van der Waals surface area contributed by atoms with Crippen LogP contribution in [0.15, 0.2) is 34.4 Å². The van der Waals surface area contributed by atoms with Crippen molar-refractivity contribution in [1.82, 2.24) is 0 Å². The summed E-state index contributed by atoms with van der Waals surface area (Å²) in [6, 6.07) is 0. The number of halogens is 6. The van der Waals surface area contributed by atoms with Crippen LogP contribution in [0.25, 0.3) is 0 Å².